The van der Waals surface area contributed by atoms with Crippen LogP contribution in [0, 0.1) is 0 Å². The number of nitrogens with one attached hydrogen (secondary N) is 2. The van der Waals surface area contributed by atoms with Gasteiger partial charge in [0.2, 0.25) is 0 Å². The number of carbonyl (C=O) groups excluding carboxylic acids is 2. The van der Waals surface area contributed by atoms with E-state index < -0.39 is 0 Å². The minimum atomic E-state index is -0.359. The van der Waals surface area contributed by atoms with E-state index in [0.29, 0.717) is 37.3 Å². The minimum Gasteiger partial charge on any atom is -0.403 e. The maximum atomic E-state index is 13.3. The van der Waals surface area contributed by atoms with E-state index in [0.717, 1.165) is 16.3 Å². The normalized spacial score (nSPS) is 11.0. The van der Waals surface area contributed by atoms with E-state index in [1.54, 1.807) is 35.3 Å². The maximum absolute atomic E-state index is 13.3. The number of nitrogens with zero attached hydrogens (tertiary/aromatic N) is 4. The first-order valence-corrected chi connectivity index (χ1v) is 11.5. The quantitative estimate of drug-likeness (QED) is 0.154. The van der Waals surface area contributed by atoms with Crippen molar-refractivity contribution in [3.05, 3.63) is 102 Å². The third-order valence-corrected chi connectivity index (χ3v) is 5.57. The van der Waals surface area contributed by atoms with Crippen LogP contribution in [0.2, 0.25) is 0 Å². The number of benzene rings is 2. The molecule has 4 aromatic rings. The molecule has 4 rings (SSSR count). The van der Waals surface area contributed by atoms with Crippen molar-refractivity contribution < 1.29 is 9.59 Å². The Morgan fingerprint density at radius 3 is 2.61 bits per heavy atom. The SMILES string of the molecule is N/C=C\N(N)Cc1ccc(C(=O)Nc2cccnc2C(=O)NCCCn2cccn2)c2ccccc12. The van der Waals surface area contributed by atoms with Crippen LogP contribution in [0.4, 0.5) is 5.69 Å². The van der Waals surface area contributed by atoms with Crippen molar-refractivity contribution in [1.82, 2.24) is 25.1 Å². The van der Waals surface area contributed by atoms with Gasteiger partial charge in [0, 0.05) is 49.6 Å². The summed E-state index contributed by atoms with van der Waals surface area (Å²) in [6.45, 7) is 1.56. The summed E-state index contributed by atoms with van der Waals surface area (Å²) in [6.07, 6.45) is 8.75. The number of pyridine rings is 1. The summed E-state index contributed by atoms with van der Waals surface area (Å²) in [4.78, 5) is 30.3. The number of hydrazine groups is 1. The van der Waals surface area contributed by atoms with Gasteiger partial charge in [-0.05, 0) is 47.0 Å². The predicted octanol–water partition coefficient (Wildman–Crippen LogP) is 2.61. The first kappa shape index (κ1) is 24.4. The third-order valence-electron chi connectivity index (χ3n) is 5.57. The molecule has 0 aliphatic rings. The number of nitrogens with two attached hydrogens (primary N) is 2. The van der Waals surface area contributed by atoms with Gasteiger partial charge in [-0.25, -0.2) is 10.8 Å². The number of hydrogen-bond donors (Lipinski definition) is 4. The average Bonchev–Trinajstić information content (AvgIpc) is 3.41. The van der Waals surface area contributed by atoms with Crippen molar-refractivity contribution in [3.8, 4) is 0 Å². The summed E-state index contributed by atoms with van der Waals surface area (Å²) in [5.41, 5.74) is 7.33. The summed E-state index contributed by atoms with van der Waals surface area (Å²) in [5, 5.41) is 13.0. The fraction of sp³-hybridized carbons (Fsp3) is 0.154. The molecule has 0 radical (unpaired) electrons. The molecule has 36 heavy (non-hydrogen) atoms. The lowest BCUT2D eigenvalue weighted by Crippen LogP contribution is -2.28. The molecule has 184 valence electrons. The van der Waals surface area contributed by atoms with Gasteiger partial charge in [0.15, 0.2) is 5.69 Å². The molecule has 10 heteroatoms. The van der Waals surface area contributed by atoms with Crippen LogP contribution in [0.25, 0.3) is 10.8 Å². The van der Waals surface area contributed by atoms with Gasteiger partial charge in [0.25, 0.3) is 11.8 Å². The second kappa shape index (κ2) is 11.6. The van der Waals surface area contributed by atoms with Gasteiger partial charge in [0.05, 0.1) is 12.2 Å². The Morgan fingerprint density at radius 2 is 1.83 bits per heavy atom. The number of aromatic nitrogens is 3. The molecule has 10 nitrogen and oxygen atoms in total. The smallest absolute Gasteiger partial charge is 0.272 e. The third kappa shape index (κ3) is 5.86. The van der Waals surface area contributed by atoms with Crippen LogP contribution in [0.5, 0.6) is 0 Å². The van der Waals surface area contributed by atoms with Crippen LogP contribution in [0.1, 0.15) is 32.8 Å². The van der Waals surface area contributed by atoms with Gasteiger partial charge < -0.3 is 21.4 Å². The Kier molecular flexibility index (Phi) is 7.89. The maximum Gasteiger partial charge on any atom is 0.272 e. The summed E-state index contributed by atoms with van der Waals surface area (Å²) < 4.78 is 1.80. The molecule has 2 heterocycles. The molecule has 0 bridgehead atoms. The van der Waals surface area contributed by atoms with Crippen LogP contribution in [-0.4, -0.2) is 38.1 Å². The first-order valence-electron chi connectivity index (χ1n) is 11.5. The zero-order chi connectivity index (χ0) is 25.3. The summed E-state index contributed by atoms with van der Waals surface area (Å²) in [7, 11) is 0. The molecular weight excluding hydrogens is 456 g/mol. The molecule has 6 N–H and O–H groups in total. The molecule has 0 saturated carbocycles. The average molecular weight is 485 g/mol. The van der Waals surface area contributed by atoms with Crippen molar-refractivity contribution in [2.75, 3.05) is 11.9 Å². The minimum absolute atomic E-state index is 0.151. The van der Waals surface area contributed by atoms with E-state index in [4.69, 9.17) is 11.6 Å². The lowest BCUT2D eigenvalue weighted by molar-refractivity contribution is 0.0948. The standard InChI is InChI=1S/C26H28N8O2/c27-11-17-33(28)18-19-9-10-22(21-7-2-1-6-20(19)21)25(35)32-23-8-3-12-29-24(23)26(36)30-13-4-15-34-16-5-14-31-34/h1-3,5-12,14,16-17H,4,13,15,18,27-28H2,(H,30,36)(H,32,35)/b17-11-. The van der Waals surface area contributed by atoms with E-state index in [-0.39, 0.29) is 17.5 Å². The Bertz CT molecular complexity index is 1370. The van der Waals surface area contributed by atoms with Gasteiger partial charge in [-0.3, -0.25) is 14.3 Å². The molecule has 0 atom stereocenters. The molecule has 2 aromatic carbocycles. The molecular formula is C26H28N8O2. The second-order valence-corrected chi connectivity index (χ2v) is 8.06. The van der Waals surface area contributed by atoms with Crippen LogP contribution in [0.15, 0.2) is 85.6 Å². The van der Waals surface area contributed by atoms with Crippen molar-refractivity contribution in [3.63, 3.8) is 0 Å². The Balaban J connectivity index is 1.49. The molecule has 0 aliphatic carbocycles. The summed E-state index contributed by atoms with van der Waals surface area (Å²) in [6, 6.07) is 16.4. The number of hydrogen-bond acceptors (Lipinski definition) is 7. The van der Waals surface area contributed by atoms with Crippen molar-refractivity contribution >= 4 is 28.3 Å². The molecule has 0 spiro atoms. The lowest BCUT2D eigenvalue weighted by atomic mass is 9.98. The number of anilines is 1. The van der Waals surface area contributed by atoms with Gasteiger partial charge in [-0.2, -0.15) is 5.10 Å². The Labute approximate surface area is 208 Å². The fourth-order valence-corrected chi connectivity index (χ4v) is 3.89. The largest absolute Gasteiger partial charge is 0.403 e. The predicted molar refractivity (Wildman–Crippen MR) is 138 cm³/mol. The van der Waals surface area contributed by atoms with E-state index >= 15 is 0 Å². The Morgan fingerprint density at radius 1 is 1.00 bits per heavy atom. The zero-order valence-corrected chi connectivity index (χ0v) is 19.7. The molecule has 0 unspecified atom stereocenters. The van der Waals surface area contributed by atoms with Gasteiger partial charge >= 0.3 is 0 Å². The topological polar surface area (TPSA) is 144 Å². The zero-order valence-electron chi connectivity index (χ0n) is 19.7. The fourth-order valence-electron chi connectivity index (χ4n) is 3.89. The van der Waals surface area contributed by atoms with Crippen LogP contribution in [0.3, 0.4) is 0 Å². The molecule has 0 aliphatic heterocycles. The van der Waals surface area contributed by atoms with Crippen LogP contribution < -0.4 is 22.2 Å². The lowest BCUT2D eigenvalue weighted by Gasteiger charge is -2.17. The van der Waals surface area contributed by atoms with Gasteiger partial charge in [0.1, 0.15) is 0 Å². The number of aryl methyl sites for hydroxylation is 1. The molecule has 0 saturated heterocycles. The Hall–Kier alpha value is -4.70. The highest BCUT2D eigenvalue weighted by molar-refractivity contribution is 6.15. The van der Waals surface area contributed by atoms with E-state index in [2.05, 4.69) is 20.7 Å². The molecule has 2 aromatic heterocycles. The number of rotatable bonds is 10. The van der Waals surface area contributed by atoms with E-state index in [1.807, 2.05) is 42.6 Å². The molecule has 2 amide bonds. The van der Waals surface area contributed by atoms with E-state index in [1.165, 1.54) is 17.4 Å². The number of amides is 2. The summed E-state index contributed by atoms with van der Waals surface area (Å²) >= 11 is 0. The highest BCUT2D eigenvalue weighted by Crippen LogP contribution is 2.25. The van der Waals surface area contributed by atoms with Crippen molar-refractivity contribution in [1.29, 1.82) is 0 Å². The monoisotopic (exact) mass is 484 g/mol. The van der Waals surface area contributed by atoms with Gasteiger partial charge in [-0.1, -0.05) is 30.3 Å². The highest BCUT2D eigenvalue weighted by atomic mass is 16.2. The van der Waals surface area contributed by atoms with Crippen molar-refractivity contribution in [2.24, 2.45) is 11.6 Å². The second-order valence-electron chi connectivity index (χ2n) is 8.06. The van der Waals surface area contributed by atoms with Crippen LogP contribution >= 0.6 is 0 Å². The molecule has 0 fully saturated rings. The van der Waals surface area contributed by atoms with E-state index in [9.17, 15) is 9.59 Å². The number of carbonyl (C=O) groups is 2. The highest BCUT2D eigenvalue weighted by Gasteiger charge is 2.18. The first-order chi connectivity index (χ1) is 17.6. The number of fused-ring (bicyclic) bond motifs is 1. The van der Waals surface area contributed by atoms with Gasteiger partial charge in [-0.15, -0.1) is 0 Å². The van der Waals surface area contributed by atoms with Crippen molar-refractivity contribution in [2.45, 2.75) is 19.5 Å². The van der Waals surface area contributed by atoms with Crippen LogP contribution in [-0.2, 0) is 13.1 Å². The summed E-state index contributed by atoms with van der Waals surface area (Å²) in [5.74, 6) is 5.26.